The zero-order chi connectivity index (χ0) is 10.2. The van der Waals surface area contributed by atoms with E-state index in [9.17, 15) is 0 Å². The largest absolute Gasteiger partial charge is 0.175 e. The SMILES string of the molecule is C1CC2(CCS1)N=NC1(CCSCC1)S2. The van der Waals surface area contributed by atoms with Crippen molar-refractivity contribution in [3.8, 4) is 0 Å². The topological polar surface area (TPSA) is 24.7 Å². The van der Waals surface area contributed by atoms with Crippen LogP contribution in [-0.4, -0.2) is 32.8 Å². The lowest BCUT2D eigenvalue weighted by molar-refractivity contribution is 0.527. The van der Waals surface area contributed by atoms with Crippen molar-refractivity contribution >= 4 is 35.3 Å². The van der Waals surface area contributed by atoms with Gasteiger partial charge in [-0.25, -0.2) is 0 Å². The van der Waals surface area contributed by atoms with Crippen molar-refractivity contribution in [2.75, 3.05) is 23.0 Å². The fraction of sp³-hybridized carbons (Fsp3) is 1.00. The molecule has 0 bridgehead atoms. The van der Waals surface area contributed by atoms with Crippen LogP contribution in [0.1, 0.15) is 25.7 Å². The molecule has 2 saturated heterocycles. The van der Waals surface area contributed by atoms with Crippen molar-refractivity contribution in [1.82, 2.24) is 0 Å². The molecule has 3 heterocycles. The Labute approximate surface area is 104 Å². The summed E-state index contributed by atoms with van der Waals surface area (Å²) in [5, 5.41) is 9.34. The first-order valence-corrected chi connectivity index (χ1v) is 8.75. The minimum absolute atomic E-state index is 0.188. The fourth-order valence-corrected chi connectivity index (χ4v) is 6.90. The van der Waals surface area contributed by atoms with Gasteiger partial charge >= 0.3 is 0 Å². The van der Waals surface area contributed by atoms with Gasteiger partial charge in [0.2, 0.25) is 0 Å². The minimum Gasteiger partial charge on any atom is -0.175 e. The average molecular weight is 260 g/mol. The molecule has 0 aliphatic carbocycles. The number of azo groups is 1. The Kier molecular flexibility index (Phi) is 2.98. The molecule has 2 nitrogen and oxygen atoms in total. The molecule has 0 aromatic carbocycles. The average Bonchev–Trinajstić information content (AvgIpc) is 2.60. The molecule has 0 unspecified atom stereocenters. The Morgan fingerprint density at radius 3 is 1.47 bits per heavy atom. The van der Waals surface area contributed by atoms with Gasteiger partial charge in [0.1, 0.15) is 9.74 Å². The van der Waals surface area contributed by atoms with Crippen LogP contribution in [0.25, 0.3) is 0 Å². The summed E-state index contributed by atoms with van der Waals surface area (Å²) in [6.07, 6.45) is 4.95. The third-order valence-electron chi connectivity index (χ3n) is 3.34. The zero-order valence-electron chi connectivity index (χ0n) is 8.78. The fourth-order valence-electron chi connectivity index (χ4n) is 2.36. The minimum atomic E-state index is 0.188. The lowest BCUT2D eigenvalue weighted by atomic mass is 10.2. The number of nitrogens with zero attached hydrogens (tertiary/aromatic N) is 2. The molecule has 0 aromatic heterocycles. The smallest absolute Gasteiger partial charge is 0.130 e. The molecule has 2 spiro atoms. The first-order chi connectivity index (χ1) is 7.33. The van der Waals surface area contributed by atoms with Gasteiger partial charge in [0, 0.05) is 0 Å². The first kappa shape index (κ1) is 10.8. The summed E-state index contributed by atoms with van der Waals surface area (Å²) in [5.74, 6) is 5.10. The van der Waals surface area contributed by atoms with Crippen molar-refractivity contribution in [2.45, 2.75) is 35.4 Å². The van der Waals surface area contributed by atoms with Gasteiger partial charge in [0.05, 0.1) is 0 Å². The Bertz CT molecular complexity index is 242. The van der Waals surface area contributed by atoms with Gasteiger partial charge < -0.3 is 0 Å². The van der Waals surface area contributed by atoms with E-state index >= 15 is 0 Å². The van der Waals surface area contributed by atoms with Crippen LogP contribution in [0.3, 0.4) is 0 Å². The van der Waals surface area contributed by atoms with Gasteiger partial charge in [-0.05, 0) is 48.7 Å². The molecule has 0 saturated carbocycles. The number of hydrogen-bond donors (Lipinski definition) is 0. The lowest BCUT2D eigenvalue weighted by Crippen LogP contribution is -2.32. The van der Waals surface area contributed by atoms with Crippen molar-refractivity contribution in [2.24, 2.45) is 10.2 Å². The molecule has 0 radical (unpaired) electrons. The van der Waals surface area contributed by atoms with Crippen LogP contribution in [0.5, 0.6) is 0 Å². The summed E-state index contributed by atoms with van der Waals surface area (Å²) in [6.45, 7) is 0. The Hall–Kier alpha value is 0.650. The summed E-state index contributed by atoms with van der Waals surface area (Å²) in [4.78, 5) is 0.376. The lowest BCUT2D eigenvalue weighted by Gasteiger charge is -2.34. The quantitative estimate of drug-likeness (QED) is 0.665. The van der Waals surface area contributed by atoms with Crippen molar-refractivity contribution in [1.29, 1.82) is 0 Å². The number of thioether (sulfide) groups is 3. The highest BCUT2D eigenvalue weighted by molar-refractivity contribution is 8.03. The third kappa shape index (κ3) is 2.07. The summed E-state index contributed by atoms with van der Waals surface area (Å²) < 4.78 is 0. The molecule has 3 rings (SSSR count). The van der Waals surface area contributed by atoms with Gasteiger partial charge in [-0.2, -0.15) is 33.8 Å². The second-order valence-corrected chi connectivity index (χ2v) is 8.59. The zero-order valence-corrected chi connectivity index (χ0v) is 11.2. The van der Waals surface area contributed by atoms with Crippen molar-refractivity contribution in [3.05, 3.63) is 0 Å². The molecule has 0 amide bonds. The molecule has 5 heteroatoms. The Balaban J connectivity index is 1.74. The van der Waals surface area contributed by atoms with Crippen molar-refractivity contribution < 1.29 is 0 Å². The molecular weight excluding hydrogens is 244 g/mol. The molecule has 0 atom stereocenters. The molecule has 15 heavy (non-hydrogen) atoms. The van der Waals surface area contributed by atoms with E-state index < -0.39 is 0 Å². The summed E-state index contributed by atoms with van der Waals surface area (Å²) in [7, 11) is 0. The summed E-state index contributed by atoms with van der Waals surface area (Å²) in [5.41, 5.74) is 0. The van der Waals surface area contributed by atoms with E-state index in [1.165, 1.54) is 48.7 Å². The maximum absolute atomic E-state index is 4.67. The summed E-state index contributed by atoms with van der Waals surface area (Å²) >= 11 is 6.24. The molecule has 0 N–H and O–H groups in total. The Morgan fingerprint density at radius 2 is 1.07 bits per heavy atom. The normalized spacial score (nSPS) is 32.5. The number of rotatable bonds is 0. The molecule has 2 fully saturated rings. The Morgan fingerprint density at radius 1 is 0.667 bits per heavy atom. The highest BCUT2D eigenvalue weighted by atomic mass is 32.2. The van der Waals surface area contributed by atoms with Gasteiger partial charge in [0.15, 0.2) is 0 Å². The highest BCUT2D eigenvalue weighted by Crippen LogP contribution is 2.56. The van der Waals surface area contributed by atoms with Crippen LogP contribution in [-0.2, 0) is 0 Å². The van der Waals surface area contributed by atoms with Gasteiger partial charge in [-0.1, -0.05) is 11.8 Å². The number of hydrogen-bond acceptors (Lipinski definition) is 5. The summed E-state index contributed by atoms with van der Waals surface area (Å²) in [6, 6.07) is 0. The van der Waals surface area contributed by atoms with Gasteiger partial charge in [0.25, 0.3) is 0 Å². The third-order valence-corrected chi connectivity index (χ3v) is 7.05. The molecule has 84 valence electrons. The highest BCUT2D eigenvalue weighted by Gasteiger charge is 2.48. The predicted octanol–water partition coefficient (Wildman–Crippen LogP) is 3.63. The van der Waals surface area contributed by atoms with Crippen molar-refractivity contribution in [3.63, 3.8) is 0 Å². The molecule has 3 aliphatic rings. The van der Waals surface area contributed by atoms with E-state index in [1.54, 1.807) is 0 Å². The molecule has 3 aliphatic heterocycles. The molecular formula is C10H16N2S3. The van der Waals surface area contributed by atoms with E-state index in [2.05, 4.69) is 45.5 Å². The van der Waals surface area contributed by atoms with Crippen LogP contribution in [0.4, 0.5) is 0 Å². The maximum Gasteiger partial charge on any atom is 0.130 e. The van der Waals surface area contributed by atoms with Gasteiger partial charge in [-0.15, -0.1) is 0 Å². The maximum atomic E-state index is 4.67. The van der Waals surface area contributed by atoms with Crippen LogP contribution >= 0.6 is 35.3 Å². The monoisotopic (exact) mass is 260 g/mol. The van der Waals surface area contributed by atoms with E-state index in [-0.39, 0.29) is 9.74 Å². The van der Waals surface area contributed by atoms with Gasteiger partial charge in [-0.3, -0.25) is 0 Å². The van der Waals surface area contributed by atoms with Crippen LogP contribution < -0.4 is 0 Å². The predicted molar refractivity (Wildman–Crippen MR) is 71.0 cm³/mol. The standard InChI is InChI=1S/C10H16N2S3/c1-5-13-6-2-9(1)11-12-10(15-9)3-7-14-8-4-10/h1-8H2. The second kappa shape index (κ2) is 4.15. The first-order valence-electron chi connectivity index (χ1n) is 5.62. The van der Waals surface area contributed by atoms with E-state index in [4.69, 9.17) is 0 Å². The van der Waals surface area contributed by atoms with E-state index in [0.717, 1.165) is 0 Å². The van der Waals surface area contributed by atoms with Crippen LogP contribution in [0, 0.1) is 0 Å². The van der Waals surface area contributed by atoms with Crippen LogP contribution in [0.2, 0.25) is 0 Å². The second-order valence-electron chi connectivity index (χ2n) is 4.42. The molecule has 0 aromatic rings. The van der Waals surface area contributed by atoms with E-state index in [1.807, 2.05) is 0 Å². The van der Waals surface area contributed by atoms with Crippen LogP contribution in [0.15, 0.2) is 10.2 Å². The van der Waals surface area contributed by atoms with E-state index in [0.29, 0.717) is 0 Å².